The van der Waals surface area contributed by atoms with Crippen LogP contribution in [0.25, 0.3) is 0 Å². The van der Waals surface area contributed by atoms with Gasteiger partial charge in [-0.2, -0.15) is 0 Å². The van der Waals surface area contributed by atoms with Gasteiger partial charge in [-0.05, 0) is 31.7 Å². The van der Waals surface area contributed by atoms with Crippen molar-refractivity contribution in [2.45, 2.75) is 13.5 Å². The number of benzene rings is 2. The number of nitrogens with zero attached hydrogens (tertiary/aromatic N) is 2. The van der Waals surface area contributed by atoms with Crippen molar-refractivity contribution in [1.29, 1.82) is 0 Å². The van der Waals surface area contributed by atoms with Crippen LogP contribution in [0.2, 0.25) is 0 Å². The summed E-state index contributed by atoms with van der Waals surface area (Å²) in [7, 11) is 1.94. The number of Topliss-reactive ketones (excluding diaryl/α,β-unsaturated/α-hetero) is 1. The Hall–Kier alpha value is -2.46. The van der Waals surface area contributed by atoms with Gasteiger partial charge in [0.15, 0.2) is 0 Å². The van der Waals surface area contributed by atoms with Gasteiger partial charge in [0.2, 0.25) is 0 Å². The molecule has 4 heteroatoms. The van der Waals surface area contributed by atoms with E-state index in [1.807, 2.05) is 61.3 Å². The van der Waals surface area contributed by atoms with E-state index in [9.17, 15) is 9.59 Å². The van der Waals surface area contributed by atoms with Gasteiger partial charge in [-0.3, -0.25) is 19.4 Å². The first-order valence-corrected chi connectivity index (χ1v) is 7.25. The Balaban J connectivity index is 1.78. The number of anilines is 1. The van der Waals surface area contributed by atoms with E-state index in [2.05, 4.69) is 0 Å². The molecule has 0 fully saturated rings. The van der Waals surface area contributed by atoms with E-state index in [0.717, 1.165) is 12.1 Å². The number of hydrogen-bond donors (Lipinski definition) is 0. The summed E-state index contributed by atoms with van der Waals surface area (Å²) in [5.74, 6) is -0.854. The number of aryl methyl sites for hydroxylation is 1. The van der Waals surface area contributed by atoms with Crippen LogP contribution < -0.4 is 4.90 Å². The monoisotopic (exact) mass is 294 g/mol. The second-order valence-corrected chi connectivity index (χ2v) is 5.72. The van der Waals surface area contributed by atoms with Gasteiger partial charge in [0.1, 0.15) is 0 Å². The third kappa shape index (κ3) is 2.65. The Morgan fingerprint density at radius 2 is 1.77 bits per heavy atom. The fraction of sp³-hybridized carbons (Fsp3) is 0.222. The highest BCUT2D eigenvalue weighted by Crippen LogP contribution is 2.29. The predicted octanol–water partition coefficient (Wildman–Crippen LogP) is 2.61. The van der Waals surface area contributed by atoms with Gasteiger partial charge >= 0.3 is 5.91 Å². The third-order valence-corrected chi connectivity index (χ3v) is 3.81. The average molecular weight is 294 g/mol. The highest BCUT2D eigenvalue weighted by molar-refractivity contribution is 6.52. The van der Waals surface area contributed by atoms with Gasteiger partial charge in [-0.15, -0.1) is 0 Å². The smallest absolute Gasteiger partial charge is 0.291 e. The molecule has 0 unspecified atom stereocenters. The summed E-state index contributed by atoms with van der Waals surface area (Å²) in [6, 6.07) is 15.6. The maximum Gasteiger partial charge on any atom is 0.300 e. The van der Waals surface area contributed by atoms with Crippen LogP contribution in [0.15, 0.2) is 48.5 Å². The van der Waals surface area contributed by atoms with E-state index in [4.69, 9.17) is 0 Å². The minimum absolute atomic E-state index is 0.398. The topological polar surface area (TPSA) is 40.6 Å². The molecule has 1 amide bonds. The van der Waals surface area contributed by atoms with Crippen LogP contribution in [0.1, 0.15) is 21.5 Å². The normalized spacial score (nSPS) is 13.9. The Bertz CT molecular complexity index is 725. The number of hydrogen-bond acceptors (Lipinski definition) is 3. The Labute approximate surface area is 130 Å². The lowest BCUT2D eigenvalue weighted by Crippen LogP contribution is -2.38. The first-order chi connectivity index (χ1) is 10.6. The molecule has 0 N–H and O–H groups in total. The zero-order chi connectivity index (χ0) is 15.7. The average Bonchev–Trinajstić information content (AvgIpc) is 2.73. The second kappa shape index (κ2) is 5.73. The van der Waals surface area contributed by atoms with E-state index in [0.29, 0.717) is 17.9 Å². The molecule has 0 spiro atoms. The van der Waals surface area contributed by atoms with Crippen LogP contribution >= 0.6 is 0 Å². The fourth-order valence-electron chi connectivity index (χ4n) is 2.74. The summed E-state index contributed by atoms with van der Waals surface area (Å²) >= 11 is 0. The molecule has 0 radical (unpaired) electrons. The number of fused-ring (bicyclic) bond motifs is 1. The molecule has 22 heavy (non-hydrogen) atoms. The second-order valence-electron chi connectivity index (χ2n) is 5.72. The molecule has 112 valence electrons. The molecule has 2 aromatic carbocycles. The van der Waals surface area contributed by atoms with Crippen LogP contribution in [0, 0.1) is 6.92 Å². The van der Waals surface area contributed by atoms with Crippen LogP contribution in [0.4, 0.5) is 5.69 Å². The highest BCUT2D eigenvalue weighted by Gasteiger charge is 2.36. The molecule has 0 bridgehead atoms. The molecule has 3 rings (SSSR count). The fourth-order valence-corrected chi connectivity index (χ4v) is 2.74. The lowest BCUT2D eigenvalue weighted by Gasteiger charge is -2.24. The quantitative estimate of drug-likeness (QED) is 0.814. The highest BCUT2D eigenvalue weighted by atomic mass is 16.2. The molecule has 0 saturated carbocycles. The van der Waals surface area contributed by atoms with Crippen LogP contribution in [-0.4, -0.2) is 30.3 Å². The third-order valence-electron chi connectivity index (χ3n) is 3.81. The molecule has 0 atom stereocenters. The van der Waals surface area contributed by atoms with Crippen molar-refractivity contribution in [3.63, 3.8) is 0 Å². The molecule has 1 aliphatic heterocycles. The van der Waals surface area contributed by atoms with E-state index >= 15 is 0 Å². The van der Waals surface area contributed by atoms with Crippen molar-refractivity contribution in [2.24, 2.45) is 0 Å². The van der Waals surface area contributed by atoms with E-state index in [1.165, 1.54) is 5.56 Å². The van der Waals surface area contributed by atoms with Crippen molar-refractivity contribution in [1.82, 2.24) is 4.90 Å². The molecule has 0 aromatic heterocycles. The number of amides is 1. The maximum atomic E-state index is 12.2. The lowest BCUT2D eigenvalue weighted by atomic mass is 10.1. The SMILES string of the molecule is Cc1ccc2c(c1)C(=O)C(=O)N2CN(C)Cc1ccccc1. The van der Waals surface area contributed by atoms with Crippen LogP contribution in [0.3, 0.4) is 0 Å². The standard InChI is InChI=1S/C18H18N2O2/c1-13-8-9-16-15(10-13)17(21)18(22)20(16)12-19(2)11-14-6-4-3-5-7-14/h3-10H,11-12H2,1-2H3. The molecule has 2 aromatic rings. The Kier molecular flexibility index (Phi) is 3.77. The van der Waals surface area contributed by atoms with Gasteiger partial charge in [0.05, 0.1) is 17.9 Å². The van der Waals surface area contributed by atoms with Crippen molar-refractivity contribution in [2.75, 3.05) is 18.6 Å². The summed E-state index contributed by atoms with van der Waals surface area (Å²) in [6.07, 6.45) is 0. The van der Waals surface area contributed by atoms with Crippen molar-refractivity contribution in [3.05, 3.63) is 65.2 Å². The van der Waals surface area contributed by atoms with Crippen LogP contribution in [0.5, 0.6) is 0 Å². The number of carbonyl (C=O) groups excluding carboxylic acids is 2. The first kappa shape index (κ1) is 14.5. The summed E-state index contributed by atoms with van der Waals surface area (Å²) in [5, 5.41) is 0. The summed E-state index contributed by atoms with van der Waals surface area (Å²) in [5.41, 5.74) is 3.38. The van der Waals surface area contributed by atoms with E-state index < -0.39 is 11.7 Å². The number of carbonyl (C=O) groups is 2. The molecular formula is C18H18N2O2. The van der Waals surface area contributed by atoms with Crippen LogP contribution in [-0.2, 0) is 11.3 Å². The summed E-state index contributed by atoms with van der Waals surface area (Å²) in [4.78, 5) is 27.9. The Morgan fingerprint density at radius 1 is 1.05 bits per heavy atom. The van der Waals surface area contributed by atoms with Crippen molar-refractivity contribution < 1.29 is 9.59 Å². The zero-order valence-corrected chi connectivity index (χ0v) is 12.7. The Morgan fingerprint density at radius 3 is 2.50 bits per heavy atom. The number of rotatable bonds is 4. The lowest BCUT2D eigenvalue weighted by molar-refractivity contribution is -0.114. The van der Waals surface area contributed by atoms with E-state index in [-0.39, 0.29) is 0 Å². The molecule has 1 heterocycles. The summed E-state index contributed by atoms with van der Waals surface area (Å²) < 4.78 is 0. The number of ketones is 1. The molecule has 0 aliphatic carbocycles. The van der Waals surface area contributed by atoms with Gasteiger partial charge in [0.25, 0.3) is 5.78 Å². The minimum atomic E-state index is -0.444. The largest absolute Gasteiger partial charge is 0.300 e. The summed E-state index contributed by atoms with van der Waals surface area (Å²) in [6.45, 7) is 3.04. The zero-order valence-electron chi connectivity index (χ0n) is 12.7. The van der Waals surface area contributed by atoms with Gasteiger partial charge in [0, 0.05) is 6.54 Å². The molecule has 1 aliphatic rings. The molecule has 0 saturated heterocycles. The predicted molar refractivity (Wildman–Crippen MR) is 85.8 cm³/mol. The maximum absolute atomic E-state index is 12.2. The van der Waals surface area contributed by atoms with Gasteiger partial charge in [-0.1, -0.05) is 42.0 Å². The minimum Gasteiger partial charge on any atom is -0.291 e. The van der Waals surface area contributed by atoms with Crippen molar-refractivity contribution in [3.8, 4) is 0 Å². The van der Waals surface area contributed by atoms with E-state index in [1.54, 1.807) is 11.0 Å². The molecular weight excluding hydrogens is 276 g/mol. The van der Waals surface area contributed by atoms with Crippen molar-refractivity contribution >= 4 is 17.4 Å². The van der Waals surface area contributed by atoms with Gasteiger partial charge < -0.3 is 0 Å². The molecule has 4 nitrogen and oxygen atoms in total. The van der Waals surface area contributed by atoms with Gasteiger partial charge in [-0.25, -0.2) is 0 Å². The first-order valence-electron chi connectivity index (χ1n) is 7.25.